The minimum Gasteiger partial charge on any atom is -0.492 e. The van der Waals surface area contributed by atoms with Crippen molar-refractivity contribution in [2.24, 2.45) is 5.41 Å². The first-order valence-corrected chi connectivity index (χ1v) is 7.79. The smallest absolute Gasteiger partial charge is 0.318 e. The minimum atomic E-state index is -2.47. The number of aliphatic carboxylic acids is 1. The molecule has 0 spiro atoms. The molecule has 0 aromatic carbocycles. The summed E-state index contributed by atoms with van der Waals surface area (Å²) in [6.07, 6.45) is 6.01. The molecule has 0 bridgehead atoms. The van der Waals surface area contributed by atoms with E-state index in [1.54, 1.807) is 41.5 Å². The van der Waals surface area contributed by atoms with Crippen LogP contribution in [0.4, 0.5) is 0 Å². The van der Waals surface area contributed by atoms with E-state index in [0.29, 0.717) is 5.57 Å². The summed E-state index contributed by atoms with van der Waals surface area (Å²) < 4.78 is 34.8. The van der Waals surface area contributed by atoms with E-state index in [4.69, 9.17) is 23.4 Å². The van der Waals surface area contributed by atoms with E-state index in [9.17, 15) is 9.90 Å². The third-order valence-corrected chi connectivity index (χ3v) is 3.91. The van der Waals surface area contributed by atoms with Crippen molar-refractivity contribution in [1.29, 1.82) is 0 Å². The highest BCUT2D eigenvalue weighted by Gasteiger charge is 2.63. The molecule has 2 rings (SSSR count). The van der Waals surface area contributed by atoms with Crippen molar-refractivity contribution in [3.8, 4) is 12.3 Å². The number of carboxylic acid groups (broad SMARTS) is 1. The molecule has 0 amide bonds. The van der Waals surface area contributed by atoms with Gasteiger partial charge in [-0.3, -0.25) is 4.79 Å². The van der Waals surface area contributed by atoms with E-state index >= 15 is 0 Å². The number of hydrogen-bond acceptors (Lipinski definition) is 4. The molecule has 1 N–H and O–H groups in total. The molecule has 132 valence electrons. The van der Waals surface area contributed by atoms with Crippen molar-refractivity contribution < 1.29 is 26.9 Å². The Balaban J connectivity index is 2.73. The molecule has 5 heteroatoms. The van der Waals surface area contributed by atoms with Gasteiger partial charge in [-0.2, -0.15) is 0 Å². The maximum absolute atomic E-state index is 12.5. The Kier molecular flexibility index (Phi) is 3.70. The molecular weight excluding hydrogens is 308 g/mol. The van der Waals surface area contributed by atoms with Crippen LogP contribution in [0.2, 0.25) is 0 Å². The van der Waals surface area contributed by atoms with Gasteiger partial charge in [0.05, 0.1) is 6.61 Å². The molecule has 2 aliphatic rings. The van der Waals surface area contributed by atoms with Crippen molar-refractivity contribution in [2.45, 2.75) is 64.9 Å². The summed E-state index contributed by atoms with van der Waals surface area (Å²) in [4.78, 5) is 12.5. The normalized spacial score (nSPS) is 35.9. The second-order valence-corrected chi connectivity index (χ2v) is 7.56. The fraction of sp³-hybridized carbons (Fsp3) is 0.632. The molecule has 0 aromatic rings. The highest BCUT2D eigenvalue weighted by Crippen LogP contribution is 2.50. The Bertz CT molecular complexity index is 723. The fourth-order valence-electron chi connectivity index (χ4n) is 2.72. The van der Waals surface area contributed by atoms with Crippen LogP contribution in [0.15, 0.2) is 23.5 Å². The summed E-state index contributed by atoms with van der Waals surface area (Å²) in [6.45, 7) is 9.92. The Hall–Kier alpha value is -1.77. The zero-order chi connectivity index (χ0) is 20.2. The van der Waals surface area contributed by atoms with Crippen LogP contribution in [0.25, 0.3) is 0 Å². The molecule has 1 aliphatic heterocycles. The summed E-state index contributed by atoms with van der Waals surface area (Å²) in [6, 6.07) is 0. The number of terminal acetylenes is 1. The third-order valence-electron chi connectivity index (χ3n) is 3.91. The molecule has 0 unspecified atom stereocenters. The average Bonchev–Trinajstić information content (AvgIpc) is 2.79. The average molecular weight is 336 g/mol. The summed E-state index contributed by atoms with van der Waals surface area (Å²) >= 11 is 0. The van der Waals surface area contributed by atoms with Crippen LogP contribution in [-0.4, -0.2) is 34.7 Å². The standard InChI is InChI=1S/C19H26O5/c1-8-19(12-22-17(6,7)24-19)18(15(20)21)10-9-13(2)14(11-18)23-16(3,4)5/h1,9-10H,11-12H2,2-7H3,(H,20,21)/t18-,19-/m0/s1/i11D2. The van der Waals surface area contributed by atoms with Gasteiger partial charge in [-0.25, -0.2) is 0 Å². The lowest BCUT2D eigenvalue weighted by Crippen LogP contribution is -2.55. The summed E-state index contributed by atoms with van der Waals surface area (Å²) in [5, 5.41) is 10.2. The largest absolute Gasteiger partial charge is 0.492 e. The molecule has 1 aliphatic carbocycles. The van der Waals surface area contributed by atoms with Crippen LogP contribution in [-0.2, 0) is 19.0 Å². The second-order valence-electron chi connectivity index (χ2n) is 7.56. The van der Waals surface area contributed by atoms with Gasteiger partial charge in [-0.1, -0.05) is 18.1 Å². The highest BCUT2D eigenvalue weighted by atomic mass is 16.8. The number of carboxylic acids is 1. The van der Waals surface area contributed by atoms with Crippen molar-refractivity contribution in [1.82, 2.24) is 0 Å². The summed E-state index contributed by atoms with van der Waals surface area (Å²) in [5.41, 5.74) is -4.29. The van der Waals surface area contributed by atoms with Crippen LogP contribution < -0.4 is 0 Å². The zero-order valence-corrected chi connectivity index (χ0v) is 15.0. The van der Waals surface area contributed by atoms with E-state index in [1.165, 1.54) is 12.2 Å². The van der Waals surface area contributed by atoms with Crippen LogP contribution in [0, 0.1) is 17.8 Å². The lowest BCUT2D eigenvalue weighted by atomic mass is 9.67. The Morgan fingerprint density at radius 2 is 2.12 bits per heavy atom. The lowest BCUT2D eigenvalue weighted by molar-refractivity contribution is -0.182. The number of ether oxygens (including phenoxy) is 3. The van der Waals surface area contributed by atoms with E-state index in [-0.39, 0.29) is 12.4 Å². The second kappa shape index (κ2) is 5.65. The maximum Gasteiger partial charge on any atom is 0.318 e. The van der Waals surface area contributed by atoms with Gasteiger partial charge in [0.1, 0.15) is 16.8 Å². The predicted molar refractivity (Wildman–Crippen MR) is 90.0 cm³/mol. The summed E-state index contributed by atoms with van der Waals surface area (Å²) in [7, 11) is 0. The van der Waals surface area contributed by atoms with Crippen molar-refractivity contribution in [2.75, 3.05) is 6.61 Å². The Labute approximate surface area is 146 Å². The van der Waals surface area contributed by atoms with Gasteiger partial charge in [0.25, 0.3) is 0 Å². The van der Waals surface area contributed by atoms with Crippen LogP contribution in [0.5, 0.6) is 0 Å². The van der Waals surface area contributed by atoms with Gasteiger partial charge in [0.15, 0.2) is 11.4 Å². The number of rotatable bonds is 3. The predicted octanol–water partition coefficient (Wildman–Crippen LogP) is 3.26. The van der Waals surface area contributed by atoms with Crippen LogP contribution >= 0.6 is 0 Å². The molecule has 2 atom stereocenters. The van der Waals surface area contributed by atoms with Crippen molar-refractivity contribution >= 4 is 5.97 Å². The molecule has 0 aromatic heterocycles. The first-order chi connectivity index (χ1) is 11.6. The van der Waals surface area contributed by atoms with E-state index in [0.717, 1.165) is 0 Å². The van der Waals surface area contributed by atoms with E-state index < -0.39 is 34.7 Å². The van der Waals surface area contributed by atoms with Gasteiger partial charge < -0.3 is 19.3 Å². The van der Waals surface area contributed by atoms with Gasteiger partial charge in [0.2, 0.25) is 0 Å². The zero-order valence-electron chi connectivity index (χ0n) is 17.0. The molecule has 0 saturated carbocycles. The first-order valence-electron chi connectivity index (χ1n) is 8.79. The van der Waals surface area contributed by atoms with Gasteiger partial charge >= 0.3 is 5.97 Å². The number of allylic oxidation sites excluding steroid dienone is 3. The summed E-state index contributed by atoms with van der Waals surface area (Å²) in [5.74, 6) is -0.273. The highest BCUT2D eigenvalue weighted by molar-refractivity contribution is 5.81. The topological polar surface area (TPSA) is 65.0 Å². The molecule has 0 radical (unpaired) electrons. The van der Waals surface area contributed by atoms with Gasteiger partial charge in [-0.05, 0) is 47.1 Å². The molecule has 24 heavy (non-hydrogen) atoms. The van der Waals surface area contributed by atoms with E-state index in [1.807, 2.05) is 0 Å². The SMILES string of the molecule is [2H]C1([2H])C(OC(C)(C)C)=C(C)C=C[C@]1(C(=O)O)[C@]1(C#C)COC(C)(C)O1. The molecule has 1 heterocycles. The Morgan fingerprint density at radius 3 is 2.54 bits per heavy atom. The first kappa shape index (κ1) is 15.7. The lowest BCUT2D eigenvalue weighted by Gasteiger charge is -2.42. The quantitative estimate of drug-likeness (QED) is 0.801. The van der Waals surface area contributed by atoms with Crippen LogP contribution in [0.3, 0.4) is 0 Å². The molecule has 1 fully saturated rings. The molecular formula is C19H26O5. The minimum absolute atomic E-state index is 0.0715. The molecule has 1 saturated heterocycles. The van der Waals surface area contributed by atoms with Crippen LogP contribution in [0.1, 0.15) is 50.7 Å². The van der Waals surface area contributed by atoms with Gasteiger partial charge in [-0.15, -0.1) is 6.42 Å². The van der Waals surface area contributed by atoms with Crippen molar-refractivity contribution in [3.05, 3.63) is 23.5 Å². The third kappa shape index (κ3) is 3.09. The van der Waals surface area contributed by atoms with Crippen molar-refractivity contribution in [3.63, 3.8) is 0 Å². The fourth-order valence-corrected chi connectivity index (χ4v) is 2.72. The van der Waals surface area contributed by atoms with Gasteiger partial charge in [0, 0.05) is 9.11 Å². The number of hydrogen-bond donors (Lipinski definition) is 1. The molecule has 5 nitrogen and oxygen atoms in total. The van der Waals surface area contributed by atoms with E-state index in [2.05, 4.69) is 5.92 Å². The maximum atomic E-state index is 12.5. The Morgan fingerprint density at radius 1 is 1.50 bits per heavy atom. The monoisotopic (exact) mass is 336 g/mol. The number of carbonyl (C=O) groups is 1.